The Bertz CT molecular complexity index is 392. The Balaban J connectivity index is 0.00000225. The Morgan fingerprint density at radius 3 is 2.44 bits per heavy atom. The first-order chi connectivity index (χ1) is 6.88. The van der Waals surface area contributed by atoms with Crippen LogP contribution in [0, 0.1) is 6.92 Å². The van der Waals surface area contributed by atoms with Gasteiger partial charge in [-0.05, 0) is 44.5 Å². The molecule has 1 aromatic rings. The van der Waals surface area contributed by atoms with Gasteiger partial charge < -0.3 is 17.6 Å². The molecular formula is C11H14Cl2NO2-. The number of rotatable bonds is 3. The molecule has 1 rings (SSSR count). The molecule has 0 amide bonds. The molecule has 3 nitrogen and oxygen atoms in total. The lowest BCUT2D eigenvalue weighted by Gasteiger charge is -2.20. The highest BCUT2D eigenvalue weighted by Crippen LogP contribution is 2.19. The van der Waals surface area contributed by atoms with Crippen LogP contribution in [0.4, 0.5) is 0 Å². The third-order valence-electron chi connectivity index (χ3n) is 2.27. The summed E-state index contributed by atoms with van der Waals surface area (Å²) in [5, 5.41) is 9.48. The quantitative estimate of drug-likeness (QED) is 0.576. The fraction of sp³-hybridized carbons (Fsp3) is 0.364. The lowest BCUT2D eigenvalue weighted by Crippen LogP contribution is -3.00. The lowest BCUT2D eigenvalue weighted by atomic mass is 9.93. The van der Waals surface area contributed by atoms with E-state index in [4.69, 9.17) is 16.8 Å². The van der Waals surface area contributed by atoms with Crippen LogP contribution < -0.4 is 17.9 Å². The molecule has 0 aromatic heterocycles. The fourth-order valence-electron chi connectivity index (χ4n) is 1.20. The van der Waals surface area contributed by atoms with E-state index in [0.29, 0.717) is 10.6 Å². The zero-order chi connectivity index (χ0) is 11.6. The molecule has 16 heavy (non-hydrogen) atoms. The third kappa shape index (κ3) is 3.19. The molecule has 0 heterocycles. The normalized spacial score (nSPS) is 10.8. The molecule has 0 saturated carbocycles. The SMILES string of the molecule is Cc1cc(C(=O)C(C)(C)NO)ccc1Cl.[Cl-]. The van der Waals surface area contributed by atoms with Gasteiger partial charge in [0.05, 0.1) is 0 Å². The molecule has 0 spiro atoms. The van der Waals surface area contributed by atoms with Gasteiger partial charge in [0, 0.05) is 10.6 Å². The van der Waals surface area contributed by atoms with Crippen LogP contribution in [0.1, 0.15) is 29.8 Å². The van der Waals surface area contributed by atoms with Crippen molar-refractivity contribution in [3.05, 3.63) is 34.3 Å². The van der Waals surface area contributed by atoms with Crippen LogP contribution in [-0.4, -0.2) is 16.5 Å². The van der Waals surface area contributed by atoms with Crippen molar-refractivity contribution in [1.82, 2.24) is 5.48 Å². The Morgan fingerprint density at radius 2 is 2.00 bits per heavy atom. The zero-order valence-corrected chi connectivity index (χ0v) is 10.9. The van der Waals surface area contributed by atoms with Gasteiger partial charge in [-0.15, -0.1) is 0 Å². The van der Waals surface area contributed by atoms with Gasteiger partial charge in [0.15, 0.2) is 5.78 Å². The second-order valence-corrected chi connectivity index (χ2v) is 4.44. The fourth-order valence-corrected chi connectivity index (χ4v) is 1.32. The van der Waals surface area contributed by atoms with Crippen LogP contribution in [-0.2, 0) is 0 Å². The monoisotopic (exact) mass is 262 g/mol. The van der Waals surface area contributed by atoms with E-state index in [2.05, 4.69) is 0 Å². The minimum atomic E-state index is -0.986. The van der Waals surface area contributed by atoms with Gasteiger partial charge >= 0.3 is 0 Å². The molecule has 2 N–H and O–H groups in total. The number of carbonyl (C=O) groups excluding carboxylic acids is 1. The molecule has 1 aromatic carbocycles. The van der Waals surface area contributed by atoms with Crippen molar-refractivity contribution in [2.24, 2.45) is 0 Å². The van der Waals surface area contributed by atoms with E-state index >= 15 is 0 Å². The van der Waals surface area contributed by atoms with Crippen LogP contribution >= 0.6 is 11.6 Å². The summed E-state index contributed by atoms with van der Waals surface area (Å²) in [6.45, 7) is 5.05. The van der Waals surface area contributed by atoms with E-state index in [1.807, 2.05) is 12.4 Å². The molecule has 0 aliphatic rings. The summed E-state index contributed by atoms with van der Waals surface area (Å²) in [6.07, 6.45) is 0. The van der Waals surface area contributed by atoms with E-state index in [9.17, 15) is 4.79 Å². The Hall–Kier alpha value is -0.610. The smallest absolute Gasteiger partial charge is 0.184 e. The summed E-state index contributed by atoms with van der Waals surface area (Å²) in [6, 6.07) is 5.04. The minimum absolute atomic E-state index is 0. The summed E-state index contributed by atoms with van der Waals surface area (Å²) in [7, 11) is 0. The summed E-state index contributed by atoms with van der Waals surface area (Å²) in [5.74, 6) is -0.176. The highest BCUT2D eigenvalue weighted by Gasteiger charge is 2.27. The summed E-state index contributed by atoms with van der Waals surface area (Å²) in [5.41, 5.74) is 2.38. The van der Waals surface area contributed by atoms with Gasteiger partial charge in [-0.25, -0.2) is 0 Å². The molecule has 0 bridgehead atoms. The number of nitrogens with one attached hydrogen (secondary N) is 1. The van der Waals surface area contributed by atoms with Crippen molar-refractivity contribution in [3.8, 4) is 0 Å². The van der Waals surface area contributed by atoms with Crippen LogP contribution in [0.15, 0.2) is 18.2 Å². The third-order valence-corrected chi connectivity index (χ3v) is 2.69. The predicted molar refractivity (Wildman–Crippen MR) is 59.5 cm³/mol. The Labute approximate surface area is 106 Å². The van der Waals surface area contributed by atoms with Crippen molar-refractivity contribution in [2.45, 2.75) is 26.3 Å². The standard InChI is InChI=1S/C11H14ClNO2.ClH/c1-7-6-8(4-5-9(7)12)10(14)11(2,3)13-15;/h4-6,13,15H,1-3H3;1H/p-1. The number of halogens is 2. The van der Waals surface area contributed by atoms with Crippen LogP contribution in [0.3, 0.4) is 0 Å². The van der Waals surface area contributed by atoms with E-state index in [-0.39, 0.29) is 18.2 Å². The topological polar surface area (TPSA) is 49.3 Å². The van der Waals surface area contributed by atoms with Gasteiger partial charge in [0.2, 0.25) is 0 Å². The van der Waals surface area contributed by atoms with Crippen molar-refractivity contribution >= 4 is 17.4 Å². The van der Waals surface area contributed by atoms with Gasteiger partial charge in [-0.3, -0.25) is 4.79 Å². The van der Waals surface area contributed by atoms with E-state index in [1.54, 1.807) is 32.0 Å². The Kier molecular flexibility index (Phi) is 5.42. The van der Waals surface area contributed by atoms with Crippen molar-refractivity contribution in [1.29, 1.82) is 0 Å². The highest BCUT2D eigenvalue weighted by atomic mass is 35.5. The second-order valence-electron chi connectivity index (χ2n) is 4.03. The summed E-state index contributed by atoms with van der Waals surface area (Å²) < 4.78 is 0. The number of benzene rings is 1. The Morgan fingerprint density at radius 1 is 1.44 bits per heavy atom. The molecular weight excluding hydrogens is 249 g/mol. The minimum Gasteiger partial charge on any atom is -1.00 e. The van der Waals surface area contributed by atoms with Crippen molar-refractivity contribution < 1.29 is 22.4 Å². The van der Waals surface area contributed by atoms with Gasteiger partial charge in [0.1, 0.15) is 5.54 Å². The van der Waals surface area contributed by atoms with Crippen molar-refractivity contribution in [2.75, 3.05) is 0 Å². The first-order valence-corrected chi connectivity index (χ1v) is 4.98. The number of hydrogen-bond acceptors (Lipinski definition) is 3. The van der Waals surface area contributed by atoms with Gasteiger partial charge in [-0.2, -0.15) is 5.48 Å². The number of hydroxylamine groups is 1. The molecule has 0 aliphatic carbocycles. The molecule has 0 fully saturated rings. The molecule has 0 radical (unpaired) electrons. The van der Waals surface area contributed by atoms with E-state index in [0.717, 1.165) is 5.56 Å². The number of carbonyl (C=O) groups is 1. The van der Waals surface area contributed by atoms with Crippen LogP contribution in [0.25, 0.3) is 0 Å². The van der Waals surface area contributed by atoms with Gasteiger partial charge in [0.25, 0.3) is 0 Å². The lowest BCUT2D eigenvalue weighted by molar-refractivity contribution is -0.0000145. The average Bonchev–Trinajstić information content (AvgIpc) is 2.21. The van der Waals surface area contributed by atoms with Crippen molar-refractivity contribution in [3.63, 3.8) is 0 Å². The number of ketones is 1. The second kappa shape index (κ2) is 5.64. The molecule has 0 unspecified atom stereocenters. The average molecular weight is 263 g/mol. The molecule has 5 heteroatoms. The van der Waals surface area contributed by atoms with E-state index in [1.165, 1.54) is 0 Å². The maximum atomic E-state index is 11.9. The van der Waals surface area contributed by atoms with Gasteiger partial charge in [-0.1, -0.05) is 11.6 Å². The summed E-state index contributed by atoms with van der Waals surface area (Å²) >= 11 is 5.86. The molecule has 0 saturated heterocycles. The molecule has 0 atom stereocenters. The largest absolute Gasteiger partial charge is 1.00 e. The van der Waals surface area contributed by atoms with Crippen LogP contribution in [0.2, 0.25) is 5.02 Å². The molecule has 90 valence electrons. The summed E-state index contributed by atoms with van der Waals surface area (Å²) in [4.78, 5) is 11.9. The van der Waals surface area contributed by atoms with E-state index < -0.39 is 5.54 Å². The number of Topliss-reactive ketones (excluding diaryl/α,β-unsaturated/α-hetero) is 1. The predicted octanol–water partition coefficient (Wildman–Crippen LogP) is -0.407. The van der Waals surface area contributed by atoms with Crippen LogP contribution in [0.5, 0.6) is 0 Å². The number of aryl methyl sites for hydroxylation is 1. The first-order valence-electron chi connectivity index (χ1n) is 4.60. The maximum Gasteiger partial charge on any atom is 0.184 e. The number of hydrogen-bond donors (Lipinski definition) is 2. The molecule has 0 aliphatic heterocycles. The zero-order valence-electron chi connectivity index (χ0n) is 9.34. The maximum absolute atomic E-state index is 11.9. The first kappa shape index (κ1) is 15.4. The highest BCUT2D eigenvalue weighted by molar-refractivity contribution is 6.31.